The van der Waals surface area contributed by atoms with Gasteiger partial charge in [-0.05, 0) is 36.4 Å². The van der Waals surface area contributed by atoms with E-state index in [0.717, 1.165) is 9.79 Å². The highest BCUT2D eigenvalue weighted by Gasteiger charge is 2.45. The van der Waals surface area contributed by atoms with Crippen molar-refractivity contribution in [3.8, 4) is 0 Å². The highest BCUT2D eigenvalue weighted by Crippen LogP contribution is 2.30. The van der Waals surface area contributed by atoms with Crippen LogP contribution in [0.15, 0.2) is 64.4 Å². The van der Waals surface area contributed by atoms with Gasteiger partial charge in [-0.3, -0.25) is 4.72 Å². The zero-order chi connectivity index (χ0) is 15.5. The van der Waals surface area contributed by atoms with Gasteiger partial charge in [-0.25, -0.2) is 0 Å². The number of sulfonamides is 1. The van der Waals surface area contributed by atoms with E-state index < -0.39 is 15.5 Å². The van der Waals surface area contributed by atoms with Crippen LogP contribution in [0, 0.1) is 0 Å². The zero-order valence-corrected chi connectivity index (χ0v) is 12.1. The lowest BCUT2D eigenvalue weighted by Crippen LogP contribution is -2.29. The predicted molar refractivity (Wildman–Crippen MR) is 75.6 cm³/mol. The van der Waals surface area contributed by atoms with Crippen LogP contribution in [0.2, 0.25) is 0 Å². The molecule has 0 aliphatic carbocycles. The fourth-order valence-electron chi connectivity index (χ4n) is 1.43. The topological polar surface area (TPSA) is 46.2 Å². The molecule has 0 saturated carbocycles. The standard InChI is InChI=1S/C13H10F3NO2S2/c14-13(15,16)21(18,19)17-10-6-8-12(9-7-10)20-11-4-2-1-3-5-11/h1-9,17H. The van der Waals surface area contributed by atoms with Crippen molar-refractivity contribution in [2.75, 3.05) is 4.72 Å². The van der Waals surface area contributed by atoms with Crippen molar-refractivity contribution in [2.45, 2.75) is 15.3 Å². The van der Waals surface area contributed by atoms with E-state index in [1.807, 2.05) is 30.3 Å². The minimum Gasteiger partial charge on any atom is -0.276 e. The van der Waals surface area contributed by atoms with Crippen molar-refractivity contribution in [3.63, 3.8) is 0 Å². The average Bonchev–Trinajstić information content (AvgIpc) is 2.41. The Hall–Kier alpha value is -1.67. The second kappa shape index (κ2) is 5.98. The van der Waals surface area contributed by atoms with E-state index in [1.54, 1.807) is 12.1 Å². The molecule has 0 unspecified atom stereocenters. The van der Waals surface area contributed by atoms with Crippen LogP contribution in [-0.2, 0) is 10.0 Å². The van der Waals surface area contributed by atoms with Crippen molar-refractivity contribution < 1.29 is 21.6 Å². The van der Waals surface area contributed by atoms with Crippen LogP contribution < -0.4 is 4.72 Å². The Labute approximate surface area is 124 Å². The Bertz CT molecular complexity index is 698. The first-order valence-corrected chi connectivity index (χ1v) is 8.00. The van der Waals surface area contributed by atoms with E-state index in [9.17, 15) is 21.6 Å². The summed E-state index contributed by atoms with van der Waals surface area (Å²) in [6, 6.07) is 15.1. The van der Waals surface area contributed by atoms with Crippen LogP contribution in [-0.4, -0.2) is 13.9 Å². The zero-order valence-electron chi connectivity index (χ0n) is 10.5. The normalized spacial score (nSPS) is 12.1. The molecule has 0 amide bonds. The second-order valence-corrected chi connectivity index (χ2v) is 6.81. The van der Waals surface area contributed by atoms with E-state index >= 15 is 0 Å². The predicted octanol–water partition coefficient (Wildman–Crippen LogP) is 4.10. The molecule has 2 aromatic rings. The molecule has 0 radical (unpaired) electrons. The Morgan fingerprint density at radius 2 is 1.38 bits per heavy atom. The lowest BCUT2D eigenvalue weighted by atomic mass is 10.3. The lowest BCUT2D eigenvalue weighted by molar-refractivity contribution is -0.0429. The fraction of sp³-hybridized carbons (Fsp3) is 0.0769. The van der Waals surface area contributed by atoms with Crippen LogP contribution in [0.25, 0.3) is 0 Å². The fourth-order valence-corrected chi connectivity index (χ4v) is 2.83. The Morgan fingerprint density at radius 1 is 0.857 bits per heavy atom. The number of halogens is 3. The third kappa shape index (κ3) is 4.15. The van der Waals surface area contributed by atoms with Crippen LogP contribution in [0.1, 0.15) is 0 Å². The molecule has 0 spiro atoms. The van der Waals surface area contributed by atoms with Gasteiger partial charge in [0.25, 0.3) is 0 Å². The number of nitrogens with one attached hydrogen (secondary N) is 1. The van der Waals surface area contributed by atoms with Crippen LogP contribution in [0.5, 0.6) is 0 Å². The number of rotatable bonds is 4. The highest BCUT2D eigenvalue weighted by molar-refractivity contribution is 7.99. The average molecular weight is 333 g/mol. The Kier molecular flexibility index (Phi) is 4.48. The summed E-state index contributed by atoms with van der Waals surface area (Å²) in [5.41, 5.74) is -5.46. The van der Waals surface area contributed by atoms with Crippen molar-refractivity contribution >= 4 is 27.5 Å². The summed E-state index contributed by atoms with van der Waals surface area (Å²) in [5, 5.41) is 0. The SMILES string of the molecule is O=S(=O)(Nc1ccc(Sc2ccccc2)cc1)C(F)(F)F. The molecule has 3 nitrogen and oxygen atoms in total. The third-order valence-electron chi connectivity index (χ3n) is 2.39. The van der Waals surface area contributed by atoms with E-state index in [1.165, 1.54) is 28.6 Å². The van der Waals surface area contributed by atoms with Crippen molar-refractivity contribution in [1.82, 2.24) is 0 Å². The molecular weight excluding hydrogens is 323 g/mol. The van der Waals surface area contributed by atoms with Gasteiger partial charge in [-0.2, -0.15) is 21.6 Å². The summed E-state index contributed by atoms with van der Waals surface area (Å²) in [6.07, 6.45) is 0. The summed E-state index contributed by atoms with van der Waals surface area (Å²) in [5.74, 6) is 0. The molecule has 0 atom stereocenters. The summed E-state index contributed by atoms with van der Waals surface area (Å²) in [4.78, 5) is 1.76. The summed E-state index contributed by atoms with van der Waals surface area (Å²) in [6.45, 7) is 0. The first kappa shape index (κ1) is 15.7. The molecular formula is C13H10F3NO2S2. The second-order valence-electron chi connectivity index (χ2n) is 3.99. The minimum atomic E-state index is -5.38. The van der Waals surface area contributed by atoms with E-state index in [-0.39, 0.29) is 5.69 Å². The first-order valence-electron chi connectivity index (χ1n) is 5.70. The van der Waals surface area contributed by atoms with Gasteiger partial charge in [-0.15, -0.1) is 0 Å². The van der Waals surface area contributed by atoms with Crippen LogP contribution in [0.3, 0.4) is 0 Å². The van der Waals surface area contributed by atoms with Gasteiger partial charge in [0.05, 0.1) is 0 Å². The molecule has 0 saturated heterocycles. The van der Waals surface area contributed by atoms with Gasteiger partial charge in [0.15, 0.2) is 0 Å². The molecule has 0 aromatic heterocycles. The highest BCUT2D eigenvalue weighted by atomic mass is 32.2. The minimum absolute atomic E-state index is 0.135. The summed E-state index contributed by atoms with van der Waals surface area (Å²) in [7, 11) is -5.38. The third-order valence-corrected chi connectivity index (χ3v) is 4.52. The summed E-state index contributed by atoms with van der Waals surface area (Å²) >= 11 is 1.42. The first-order chi connectivity index (χ1) is 9.78. The molecule has 0 bridgehead atoms. The van der Waals surface area contributed by atoms with Crippen LogP contribution in [0.4, 0.5) is 18.9 Å². The van der Waals surface area contributed by atoms with Gasteiger partial charge in [0.1, 0.15) is 0 Å². The number of hydrogen-bond donors (Lipinski definition) is 1. The monoisotopic (exact) mass is 333 g/mol. The number of anilines is 1. The van der Waals surface area contributed by atoms with Crippen molar-refractivity contribution in [2.24, 2.45) is 0 Å². The largest absolute Gasteiger partial charge is 0.516 e. The molecule has 1 N–H and O–H groups in total. The smallest absolute Gasteiger partial charge is 0.276 e. The Balaban J connectivity index is 2.10. The molecule has 8 heteroatoms. The lowest BCUT2D eigenvalue weighted by Gasteiger charge is -2.10. The van der Waals surface area contributed by atoms with E-state index in [4.69, 9.17) is 0 Å². The van der Waals surface area contributed by atoms with Gasteiger partial charge in [0, 0.05) is 15.5 Å². The number of hydrogen-bond acceptors (Lipinski definition) is 3. The maximum Gasteiger partial charge on any atom is 0.516 e. The van der Waals surface area contributed by atoms with Gasteiger partial charge >= 0.3 is 15.5 Å². The number of benzene rings is 2. The van der Waals surface area contributed by atoms with Gasteiger partial charge < -0.3 is 0 Å². The molecule has 0 heterocycles. The molecule has 0 aliphatic rings. The number of alkyl halides is 3. The quantitative estimate of drug-likeness (QED) is 0.916. The van der Waals surface area contributed by atoms with E-state index in [0.29, 0.717) is 0 Å². The van der Waals surface area contributed by atoms with Crippen molar-refractivity contribution in [1.29, 1.82) is 0 Å². The van der Waals surface area contributed by atoms with Crippen LogP contribution >= 0.6 is 11.8 Å². The molecule has 112 valence electrons. The maximum atomic E-state index is 12.2. The van der Waals surface area contributed by atoms with Gasteiger partial charge in [0.2, 0.25) is 0 Å². The molecule has 2 rings (SSSR count). The molecule has 0 aliphatic heterocycles. The molecule has 0 fully saturated rings. The molecule has 2 aromatic carbocycles. The van der Waals surface area contributed by atoms with E-state index in [2.05, 4.69) is 0 Å². The Morgan fingerprint density at radius 3 is 1.90 bits per heavy atom. The molecule has 21 heavy (non-hydrogen) atoms. The van der Waals surface area contributed by atoms with Crippen molar-refractivity contribution in [3.05, 3.63) is 54.6 Å². The maximum absolute atomic E-state index is 12.2. The summed E-state index contributed by atoms with van der Waals surface area (Å²) < 4.78 is 60.1. The van der Waals surface area contributed by atoms with Gasteiger partial charge in [-0.1, -0.05) is 30.0 Å².